The second kappa shape index (κ2) is 10.7. The van der Waals surface area contributed by atoms with E-state index >= 15 is 0 Å². The molecule has 2 rings (SSSR count). The first kappa shape index (κ1) is 21.8. The zero-order chi connectivity index (χ0) is 20.5. The summed E-state index contributed by atoms with van der Waals surface area (Å²) in [6, 6.07) is 14.1. The second-order valence-electron chi connectivity index (χ2n) is 7.21. The van der Waals surface area contributed by atoms with Crippen LogP contribution in [0.1, 0.15) is 44.4 Å². The molecular weight excluding hydrogens is 352 g/mol. The van der Waals surface area contributed by atoms with Gasteiger partial charge in [0.05, 0.1) is 26.5 Å². The normalized spacial score (nSPS) is 11.9. The van der Waals surface area contributed by atoms with E-state index in [-0.39, 0.29) is 18.5 Å². The molecular formula is C23H32N2O3. The van der Waals surface area contributed by atoms with Crippen LogP contribution in [-0.4, -0.2) is 26.7 Å². The lowest BCUT2D eigenvalue weighted by molar-refractivity contribution is -0.115. The zero-order valence-electron chi connectivity index (χ0n) is 17.5. The van der Waals surface area contributed by atoms with Gasteiger partial charge in [0.15, 0.2) is 0 Å². The number of carbonyl (C=O) groups is 1. The van der Waals surface area contributed by atoms with Crippen molar-refractivity contribution in [1.29, 1.82) is 0 Å². The van der Waals surface area contributed by atoms with E-state index in [1.54, 1.807) is 32.4 Å². The predicted octanol–water partition coefficient (Wildman–Crippen LogP) is 4.58. The first-order chi connectivity index (χ1) is 13.5. The molecule has 2 aromatic carbocycles. The maximum absolute atomic E-state index is 12.5. The van der Waals surface area contributed by atoms with Gasteiger partial charge in [0.25, 0.3) is 0 Å². The first-order valence-electron chi connectivity index (χ1n) is 9.82. The quantitative estimate of drug-likeness (QED) is 0.629. The Morgan fingerprint density at radius 2 is 1.75 bits per heavy atom. The number of anilines is 1. The summed E-state index contributed by atoms with van der Waals surface area (Å²) in [7, 11) is 3.16. The van der Waals surface area contributed by atoms with Crippen molar-refractivity contribution in [2.75, 3.05) is 26.1 Å². The molecule has 5 nitrogen and oxygen atoms in total. The fourth-order valence-corrected chi connectivity index (χ4v) is 3.22. The standard InChI is InChI=1S/C23H32N2O3/c1-6-7-17-8-10-18(11-9-17)23(16(2)3)24-15-22(26)25-20-13-12-19(27-4)14-21(20)28-5/h8-14,16,23-24H,6-7,15H2,1-5H3,(H,25,26). The van der Waals surface area contributed by atoms with E-state index in [1.165, 1.54) is 11.1 Å². The van der Waals surface area contributed by atoms with E-state index < -0.39 is 0 Å². The molecule has 2 aromatic rings. The van der Waals surface area contributed by atoms with Crippen LogP contribution in [0.15, 0.2) is 42.5 Å². The highest BCUT2D eigenvalue weighted by atomic mass is 16.5. The number of ether oxygens (including phenoxy) is 2. The number of hydrogen-bond donors (Lipinski definition) is 2. The molecule has 1 atom stereocenters. The maximum Gasteiger partial charge on any atom is 0.238 e. The van der Waals surface area contributed by atoms with Gasteiger partial charge in [0, 0.05) is 12.1 Å². The van der Waals surface area contributed by atoms with Crippen LogP contribution in [0.5, 0.6) is 11.5 Å². The molecule has 152 valence electrons. The van der Waals surface area contributed by atoms with Gasteiger partial charge in [0.1, 0.15) is 11.5 Å². The third-order valence-corrected chi connectivity index (χ3v) is 4.71. The van der Waals surface area contributed by atoms with Gasteiger partial charge in [-0.2, -0.15) is 0 Å². The van der Waals surface area contributed by atoms with Crippen molar-refractivity contribution in [2.45, 2.75) is 39.7 Å². The Hall–Kier alpha value is -2.53. The molecule has 0 radical (unpaired) electrons. The van der Waals surface area contributed by atoms with Crippen LogP contribution in [0, 0.1) is 5.92 Å². The fraction of sp³-hybridized carbons (Fsp3) is 0.435. The number of carbonyl (C=O) groups excluding carboxylic acids is 1. The Balaban J connectivity index is 2.00. The summed E-state index contributed by atoms with van der Waals surface area (Å²) in [5, 5.41) is 6.29. The second-order valence-corrected chi connectivity index (χ2v) is 7.21. The van der Waals surface area contributed by atoms with Crippen LogP contribution < -0.4 is 20.1 Å². The van der Waals surface area contributed by atoms with Crippen LogP contribution in [-0.2, 0) is 11.2 Å². The van der Waals surface area contributed by atoms with E-state index in [9.17, 15) is 4.79 Å². The zero-order valence-corrected chi connectivity index (χ0v) is 17.5. The Morgan fingerprint density at radius 1 is 1.04 bits per heavy atom. The molecule has 0 aliphatic rings. The number of benzene rings is 2. The number of amides is 1. The first-order valence-corrected chi connectivity index (χ1v) is 9.82. The fourth-order valence-electron chi connectivity index (χ4n) is 3.22. The average Bonchev–Trinajstić information content (AvgIpc) is 2.69. The number of rotatable bonds is 10. The monoisotopic (exact) mass is 384 g/mol. The summed E-state index contributed by atoms with van der Waals surface area (Å²) in [6.45, 7) is 6.71. The smallest absolute Gasteiger partial charge is 0.238 e. The van der Waals surface area contributed by atoms with E-state index in [0.717, 1.165) is 12.8 Å². The van der Waals surface area contributed by atoms with Crippen molar-refractivity contribution in [1.82, 2.24) is 5.32 Å². The van der Waals surface area contributed by atoms with Crippen LogP contribution >= 0.6 is 0 Å². The average molecular weight is 385 g/mol. The summed E-state index contributed by atoms with van der Waals surface area (Å²) in [6.07, 6.45) is 2.23. The minimum atomic E-state index is -0.114. The molecule has 0 saturated carbocycles. The number of nitrogens with one attached hydrogen (secondary N) is 2. The topological polar surface area (TPSA) is 59.6 Å². The number of hydrogen-bond acceptors (Lipinski definition) is 4. The van der Waals surface area contributed by atoms with Crippen LogP contribution in [0.2, 0.25) is 0 Å². The summed E-state index contributed by atoms with van der Waals surface area (Å²) in [5.74, 6) is 1.50. The molecule has 0 aromatic heterocycles. The number of methoxy groups -OCH3 is 2. The summed E-state index contributed by atoms with van der Waals surface area (Å²) in [4.78, 5) is 12.5. The van der Waals surface area contributed by atoms with Gasteiger partial charge in [-0.15, -0.1) is 0 Å². The van der Waals surface area contributed by atoms with Gasteiger partial charge in [-0.1, -0.05) is 51.5 Å². The molecule has 0 fully saturated rings. The minimum absolute atomic E-state index is 0.110. The van der Waals surface area contributed by atoms with Crippen molar-refractivity contribution in [2.24, 2.45) is 5.92 Å². The molecule has 1 unspecified atom stereocenters. The SMILES string of the molecule is CCCc1ccc(C(NCC(=O)Nc2ccc(OC)cc2OC)C(C)C)cc1. The van der Waals surface area contributed by atoms with Gasteiger partial charge < -0.3 is 20.1 Å². The van der Waals surface area contributed by atoms with Gasteiger partial charge in [-0.3, -0.25) is 4.79 Å². The van der Waals surface area contributed by atoms with Crippen molar-refractivity contribution in [3.8, 4) is 11.5 Å². The van der Waals surface area contributed by atoms with Crippen molar-refractivity contribution < 1.29 is 14.3 Å². The summed E-state index contributed by atoms with van der Waals surface area (Å²) in [5.41, 5.74) is 3.17. The van der Waals surface area contributed by atoms with Crippen LogP contribution in [0.3, 0.4) is 0 Å². The molecule has 1 amide bonds. The lowest BCUT2D eigenvalue weighted by atomic mass is 9.94. The van der Waals surface area contributed by atoms with E-state index in [2.05, 4.69) is 55.7 Å². The lowest BCUT2D eigenvalue weighted by Gasteiger charge is -2.23. The summed E-state index contributed by atoms with van der Waals surface area (Å²) < 4.78 is 10.5. The van der Waals surface area contributed by atoms with Crippen molar-refractivity contribution >= 4 is 11.6 Å². The van der Waals surface area contributed by atoms with Crippen molar-refractivity contribution in [3.63, 3.8) is 0 Å². The molecule has 28 heavy (non-hydrogen) atoms. The van der Waals surface area contributed by atoms with Gasteiger partial charge in [-0.25, -0.2) is 0 Å². The lowest BCUT2D eigenvalue weighted by Crippen LogP contribution is -2.33. The minimum Gasteiger partial charge on any atom is -0.497 e. The molecule has 5 heteroatoms. The molecule has 2 N–H and O–H groups in total. The molecule has 0 aliphatic heterocycles. The third-order valence-electron chi connectivity index (χ3n) is 4.71. The molecule has 0 aliphatic carbocycles. The van der Waals surface area contributed by atoms with Crippen LogP contribution in [0.4, 0.5) is 5.69 Å². The largest absolute Gasteiger partial charge is 0.497 e. The highest BCUT2D eigenvalue weighted by Crippen LogP contribution is 2.29. The predicted molar refractivity (Wildman–Crippen MR) is 114 cm³/mol. The molecule has 0 heterocycles. The van der Waals surface area contributed by atoms with Gasteiger partial charge in [-0.05, 0) is 35.6 Å². The van der Waals surface area contributed by atoms with Gasteiger partial charge in [0.2, 0.25) is 5.91 Å². The van der Waals surface area contributed by atoms with E-state index in [4.69, 9.17) is 9.47 Å². The summed E-state index contributed by atoms with van der Waals surface area (Å²) >= 11 is 0. The molecule has 0 bridgehead atoms. The Labute approximate surface area is 168 Å². The van der Waals surface area contributed by atoms with Crippen LogP contribution in [0.25, 0.3) is 0 Å². The Kier molecular flexibility index (Phi) is 8.33. The third kappa shape index (κ3) is 5.99. The Morgan fingerprint density at radius 3 is 2.32 bits per heavy atom. The molecule has 0 saturated heterocycles. The Bertz CT molecular complexity index is 757. The van der Waals surface area contributed by atoms with Gasteiger partial charge >= 0.3 is 0 Å². The van der Waals surface area contributed by atoms with Crippen molar-refractivity contribution in [3.05, 3.63) is 53.6 Å². The molecule has 0 spiro atoms. The van der Waals surface area contributed by atoms with E-state index in [0.29, 0.717) is 23.1 Å². The van der Waals surface area contributed by atoms with E-state index in [1.807, 2.05) is 0 Å². The maximum atomic E-state index is 12.5. The highest BCUT2D eigenvalue weighted by Gasteiger charge is 2.17. The highest BCUT2D eigenvalue weighted by molar-refractivity contribution is 5.93. The number of aryl methyl sites for hydroxylation is 1.